The Balaban J connectivity index is 1.58. The molecule has 0 aromatic carbocycles. The second kappa shape index (κ2) is 8.26. The zero-order valence-corrected chi connectivity index (χ0v) is 21.6. The number of carboxylic acid groups (broad SMARTS) is 1. The summed E-state index contributed by atoms with van der Waals surface area (Å²) < 4.78 is 0. The average molecular weight is 453 g/mol. The van der Waals surface area contributed by atoms with Crippen molar-refractivity contribution in [1.82, 2.24) is 0 Å². The van der Waals surface area contributed by atoms with Crippen LogP contribution in [0.4, 0.5) is 0 Å². The highest BCUT2D eigenvalue weighted by Crippen LogP contribution is 2.68. The Morgan fingerprint density at radius 3 is 2.52 bits per heavy atom. The number of carboxylic acids is 1. The second-order valence-corrected chi connectivity index (χ2v) is 12.6. The Labute approximate surface area is 200 Å². The molecule has 2 N–H and O–H groups in total. The highest BCUT2D eigenvalue weighted by Gasteiger charge is 2.59. The summed E-state index contributed by atoms with van der Waals surface area (Å²) in [5.74, 6) is 1.04. The fourth-order valence-corrected chi connectivity index (χ4v) is 8.09. The van der Waals surface area contributed by atoms with Crippen LogP contribution in [0.3, 0.4) is 0 Å². The van der Waals surface area contributed by atoms with E-state index in [2.05, 4.69) is 53.3 Å². The Bertz CT molecular complexity index is 934. The molecule has 0 bridgehead atoms. The van der Waals surface area contributed by atoms with Crippen LogP contribution < -0.4 is 0 Å². The summed E-state index contributed by atoms with van der Waals surface area (Å²) >= 11 is 0. The van der Waals surface area contributed by atoms with Crippen LogP contribution in [0.2, 0.25) is 0 Å². The highest BCUT2D eigenvalue weighted by atomic mass is 16.4. The molecule has 0 spiro atoms. The summed E-state index contributed by atoms with van der Waals surface area (Å²) in [5, 5.41) is 19.9. The predicted octanol–water partition coefficient (Wildman–Crippen LogP) is 7.10. The van der Waals surface area contributed by atoms with Crippen molar-refractivity contribution in [2.45, 2.75) is 92.6 Å². The topological polar surface area (TPSA) is 57.5 Å². The van der Waals surface area contributed by atoms with E-state index in [1.165, 1.54) is 12.0 Å². The van der Waals surface area contributed by atoms with Crippen LogP contribution in [0.25, 0.3) is 0 Å². The van der Waals surface area contributed by atoms with Gasteiger partial charge in [-0.3, -0.25) is 0 Å². The maximum absolute atomic E-state index is 11.1. The number of allylic oxidation sites excluding steroid dienone is 6. The van der Waals surface area contributed by atoms with E-state index in [4.69, 9.17) is 5.11 Å². The van der Waals surface area contributed by atoms with Gasteiger partial charge in [0.25, 0.3) is 0 Å². The molecule has 0 aromatic heterocycles. The smallest absolute Gasteiger partial charge is 0.330 e. The first-order valence-corrected chi connectivity index (χ1v) is 13.0. The van der Waals surface area contributed by atoms with E-state index in [-0.39, 0.29) is 22.3 Å². The van der Waals surface area contributed by atoms with Gasteiger partial charge in [0.15, 0.2) is 0 Å². The number of fused-ring (bicyclic) bond motifs is 5. The molecule has 3 nitrogen and oxygen atoms in total. The van der Waals surface area contributed by atoms with E-state index >= 15 is 0 Å². The van der Waals surface area contributed by atoms with Crippen LogP contribution in [0, 0.1) is 39.9 Å². The van der Waals surface area contributed by atoms with Gasteiger partial charge in [-0.15, -0.1) is 0 Å². The van der Waals surface area contributed by atoms with Crippen molar-refractivity contribution in [3.63, 3.8) is 0 Å². The van der Waals surface area contributed by atoms with Crippen LogP contribution in [-0.2, 0) is 4.79 Å². The Hall–Kier alpha value is -1.61. The van der Waals surface area contributed by atoms with Gasteiger partial charge >= 0.3 is 5.97 Å². The van der Waals surface area contributed by atoms with Gasteiger partial charge in [0, 0.05) is 16.9 Å². The number of aliphatic hydroxyl groups is 1. The maximum Gasteiger partial charge on any atom is 0.330 e. The minimum absolute atomic E-state index is 0.0692. The predicted molar refractivity (Wildman–Crippen MR) is 135 cm³/mol. The van der Waals surface area contributed by atoms with Gasteiger partial charge in [-0.05, 0) is 91.6 Å². The molecule has 33 heavy (non-hydrogen) atoms. The van der Waals surface area contributed by atoms with E-state index in [0.717, 1.165) is 38.5 Å². The zero-order valence-electron chi connectivity index (χ0n) is 21.6. The fraction of sp³-hybridized carbons (Fsp3) is 0.700. The van der Waals surface area contributed by atoms with Crippen LogP contribution in [0.15, 0.2) is 47.1 Å². The van der Waals surface area contributed by atoms with Crippen molar-refractivity contribution >= 4 is 5.97 Å². The molecule has 0 radical (unpaired) electrons. The summed E-state index contributed by atoms with van der Waals surface area (Å²) in [6, 6.07) is 0. The number of aliphatic carboxylic acids is 1. The molecular formula is C30H44O3. The summed E-state index contributed by atoms with van der Waals surface area (Å²) in [6.45, 7) is 18.1. The van der Waals surface area contributed by atoms with Crippen molar-refractivity contribution in [2.24, 2.45) is 39.9 Å². The van der Waals surface area contributed by atoms with Gasteiger partial charge < -0.3 is 10.2 Å². The molecule has 4 aliphatic rings. The number of hydrogen-bond donors (Lipinski definition) is 2. The molecule has 7 atom stereocenters. The molecule has 4 aliphatic carbocycles. The molecule has 0 aromatic rings. The van der Waals surface area contributed by atoms with E-state index in [9.17, 15) is 9.90 Å². The van der Waals surface area contributed by atoms with Gasteiger partial charge in [-0.1, -0.05) is 65.0 Å². The van der Waals surface area contributed by atoms with Gasteiger partial charge in [-0.25, -0.2) is 4.79 Å². The average Bonchev–Trinajstić information content (AvgIpc) is 3.06. The van der Waals surface area contributed by atoms with Gasteiger partial charge in [0.2, 0.25) is 0 Å². The molecule has 3 heteroatoms. The van der Waals surface area contributed by atoms with Crippen molar-refractivity contribution in [3.8, 4) is 0 Å². The lowest BCUT2D eigenvalue weighted by Crippen LogP contribution is -2.52. The van der Waals surface area contributed by atoms with Crippen LogP contribution >= 0.6 is 0 Å². The Kier molecular flexibility index (Phi) is 6.13. The third kappa shape index (κ3) is 3.70. The second-order valence-electron chi connectivity index (χ2n) is 12.6. The van der Waals surface area contributed by atoms with E-state index < -0.39 is 5.97 Å². The van der Waals surface area contributed by atoms with Crippen molar-refractivity contribution in [2.75, 3.05) is 0 Å². The molecule has 0 aliphatic heterocycles. The number of aliphatic hydroxyl groups excluding tert-OH is 1. The zero-order chi connectivity index (χ0) is 24.3. The molecule has 4 rings (SSSR count). The largest absolute Gasteiger partial charge is 0.478 e. The van der Waals surface area contributed by atoms with Crippen molar-refractivity contribution < 1.29 is 15.0 Å². The lowest BCUT2D eigenvalue weighted by molar-refractivity contribution is -0.132. The number of hydrogen-bond acceptors (Lipinski definition) is 2. The van der Waals surface area contributed by atoms with Crippen molar-refractivity contribution in [3.05, 3.63) is 47.1 Å². The Morgan fingerprint density at radius 1 is 1.18 bits per heavy atom. The van der Waals surface area contributed by atoms with Crippen molar-refractivity contribution in [1.29, 1.82) is 0 Å². The van der Waals surface area contributed by atoms with Crippen LogP contribution in [0.5, 0.6) is 0 Å². The van der Waals surface area contributed by atoms with E-state index in [1.54, 1.807) is 18.1 Å². The standard InChI is InChI=1S/C30H44O3/c1-18(9-8-10-19(2)27(32)33)21-13-15-29(6)22-11-12-25-28(4,5)26(31)14-16-30(25,7)24(22)17-23(29)20(21)3/h10-11,17-18,21,23,25-26,31H,3,8-9,12-16H2,1-2,4-7H3,(H,32,33)/b19-10-/t18-,21?,23?,25+,26+,29+,30-/m1/s1. The molecule has 0 heterocycles. The highest BCUT2D eigenvalue weighted by molar-refractivity contribution is 5.85. The molecule has 2 unspecified atom stereocenters. The molecule has 182 valence electrons. The summed E-state index contributed by atoms with van der Waals surface area (Å²) in [4.78, 5) is 11.1. The third-order valence-corrected chi connectivity index (χ3v) is 10.5. The minimum Gasteiger partial charge on any atom is -0.478 e. The Morgan fingerprint density at radius 2 is 1.85 bits per heavy atom. The quantitative estimate of drug-likeness (QED) is 0.346. The first kappa shape index (κ1) is 24.5. The molecule has 2 fully saturated rings. The molecule has 0 saturated heterocycles. The lowest BCUT2D eigenvalue weighted by Gasteiger charge is -2.57. The number of carbonyl (C=O) groups is 1. The van der Waals surface area contributed by atoms with Crippen LogP contribution in [-0.4, -0.2) is 22.3 Å². The fourth-order valence-electron chi connectivity index (χ4n) is 8.09. The van der Waals surface area contributed by atoms with E-state index in [1.807, 2.05) is 6.08 Å². The van der Waals surface area contributed by atoms with Gasteiger partial charge in [-0.2, -0.15) is 0 Å². The lowest BCUT2D eigenvalue weighted by atomic mass is 9.48. The van der Waals surface area contributed by atoms with Gasteiger partial charge in [0.1, 0.15) is 0 Å². The summed E-state index contributed by atoms with van der Waals surface area (Å²) in [7, 11) is 0. The SMILES string of the molecule is C=C1C([C@H](C)CC/C=C(/C)C(=O)O)CC[C@@]2(C)C3=CC[C@H]4C(C)(C)[C@@H](O)CC[C@]4(C)C3=CC12. The molecule has 2 saturated carbocycles. The normalized spacial score (nSPS) is 40.8. The van der Waals surface area contributed by atoms with Crippen LogP contribution in [0.1, 0.15) is 86.5 Å². The monoisotopic (exact) mass is 452 g/mol. The summed E-state index contributed by atoms with van der Waals surface area (Å²) in [6.07, 6.45) is 13.9. The minimum atomic E-state index is -0.820. The first-order valence-electron chi connectivity index (χ1n) is 13.0. The molecular weight excluding hydrogens is 408 g/mol. The number of rotatable bonds is 5. The van der Waals surface area contributed by atoms with Gasteiger partial charge in [0.05, 0.1) is 6.10 Å². The maximum atomic E-state index is 11.1. The summed E-state index contributed by atoms with van der Waals surface area (Å²) in [5.41, 5.74) is 5.17. The third-order valence-electron chi connectivity index (χ3n) is 10.5. The molecule has 0 amide bonds. The first-order chi connectivity index (χ1) is 15.3. The van der Waals surface area contributed by atoms with E-state index in [0.29, 0.717) is 29.2 Å².